The van der Waals surface area contributed by atoms with E-state index in [1.807, 2.05) is 13.0 Å². The third kappa shape index (κ3) is 5.66. The second-order valence-electron chi connectivity index (χ2n) is 5.50. The lowest BCUT2D eigenvalue weighted by Crippen LogP contribution is -2.09. The van der Waals surface area contributed by atoms with Crippen LogP contribution in [0.25, 0.3) is 22.2 Å². The Hall–Kier alpha value is -2.22. The number of aryl methyl sites for hydroxylation is 2. The van der Waals surface area contributed by atoms with Gasteiger partial charge in [-0.05, 0) is 44.0 Å². The number of rotatable bonds is 5. The first-order valence-corrected chi connectivity index (χ1v) is 9.66. The van der Waals surface area contributed by atoms with Crippen molar-refractivity contribution in [2.45, 2.75) is 27.7 Å². The van der Waals surface area contributed by atoms with Gasteiger partial charge in [0, 0.05) is 6.92 Å². The van der Waals surface area contributed by atoms with Crippen LogP contribution in [0.1, 0.15) is 25.3 Å². The summed E-state index contributed by atoms with van der Waals surface area (Å²) < 4.78 is 34.7. The van der Waals surface area contributed by atoms with Gasteiger partial charge < -0.3 is 4.42 Å². The zero-order valence-corrected chi connectivity index (χ0v) is 16.2. The third-order valence-electron chi connectivity index (χ3n) is 3.40. The van der Waals surface area contributed by atoms with Crippen LogP contribution in [-0.4, -0.2) is 26.6 Å². The highest BCUT2D eigenvalue weighted by Gasteiger charge is 2.07. The zero-order chi connectivity index (χ0) is 19.2. The molecule has 0 amide bonds. The monoisotopic (exact) mass is 377 g/mol. The van der Waals surface area contributed by atoms with Gasteiger partial charge in [0.1, 0.15) is 5.52 Å². The Morgan fingerprint density at radius 1 is 0.923 bits per heavy atom. The molecule has 0 atom stereocenters. The SMILES string of the molecule is CCOS(=O)(=O)OCC.Cc1ccc(-c2ccc3oc(C)nc3c2)cc1. The quantitative estimate of drug-likeness (QED) is 0.655. The number of nitrogens with zero attached hydrogens (tertiary/aromatic N) is 1. The fourth-order valence-electron chi connectivity index (χ4n) is 2.29. The summed E-state index contributed by atoms with van der Waals surface area (Å²) in [5.74, 6) is 0.709. The van der Waals surface area contributed by atoms with Crippen molar-refractivity contribution in [1.82, 2.24) is 4.98 Å². The van der Waals surface area contributed by atoms with Crippen molar-refractivity contribution in [3.63, 3.8) is 0 Å². The van der Waals surface area contributed by atoms with Gasteiger partial charge >= 0.3 is 10.4 Å². The number of aromatic nitrogens is 1. The first-order valence-electron chi connectivity index (χ1n) is 8.32. The highest BCUT2D eigenvalue weighted by Crippen LogP contribution is 2.24. The van der Waals surface area contributed by atoms with Crippen molar-refractivity contribution in [3.8, 4) is 11.1 Å². The molecule has 0 N–H and O–H groups in total. The predicted molar refractivity (Wildman–Crippen MR) is 101 cm³/mol. The predicted octanol–water partition coefficient (Wildman–Crippen LogP) is 4.42. The van der Waals surface area contributed by atoms with Crippen LogP contribution in [-0.2, 0) is 18.8 Å². The topological polar surface area (TPSA) is 78.6 Å². The smallest absolute Gasteiger partial charge is 0.399 e. The number of oxazole rings is 1. The van der Waals surface area contributed by atoms with Crippen molar-refractivity contribution in [2.75, 3.05) is 13.2 Å². The molecule has 0 spiro atoms. The average molecular weight is 377 g/mol. The van der Waals surface area contributed by atoms with Gasteiger partial charge in [-0.3, -0.25) is 0 Å². The van der Waals surface area contributed by atoms with Gasteiger partial charge in [0.25, 0.3) is 0 Å². The highest BCUT2D eigenvalue weighted by atomic mass is 32.3. The Kier molecular flexibility index (Phi) is 6.90. The minimum atomic E-state index is -3.68. The summed E-state index contributed by atoms with van der Waals surface area (Å²) in [4.78, 5) is 4.35. The van der Waals surface area contributed by atoms with Crippen molar-refractivity contribution >= 4 is 21.5 Å². The van der Waals surface area contributed by atoms with Crippen LogP contribution >= 0.6 is 0 Å². The summed E-state index contributed by atoms with van der Waals surface area (Å²) in [6.07, 6.45) is 0. The Morgan fingerprint density at radius 2 is 1.50 bits per heavy atom. The molecule has 1 aromatic heterocycles. The summed E-state index contributed by atoms with van der Waals surface area (Å²) >= 11 is 0. The molecule has 0 saturated heterocycles. The minimum Gasteiger partial charge on any atom is -0.441 e. The molecule has 1 heterocycles. The Labute approximate surface area is 154 Å². The minimum absolute atomic E-state index is 0.113. The standard InChI is InChI=1S/C15H13NO.C4H10O4S/c1-10-3-5-12(6-4-10)13-7-8-15-14(9-13)16-11(2)17-15;1-3-7-9(5,6)8-4-2/h3-9H,1-2H3;3-4H2,1-2H3. The lowest BCUT2D eigenvalue weighted by molar-refractivity contribution is 0.231. The van der Waals surface area contributed by atoms with E-state index in [1.54, 1.807) is 13.8 Å². The molecule has 0 unspecified atom stereocenters. The van der Waals surface area contributed by atoms with Crippen molar-refractivity contribution in [2.24, 2.45) is 0 Å². The van der Waals surface area contributed by atoms with E-state index in [9.17, 15) is 8.42 Å². The maximum absolute atomic E-state index is 10.4. The number of hydrogen-bond acceptors (Lipinski definition) is 6. The van der Waals surface area contributed by atoms with E-state index in [0.717, 1.165) is 11.1 Å². The maximum Gasteiger partial charge on any atom is 0.399 e. The maximum atomic E-state index is 10.4. The summed E-state index contributed by atoms with van der Waals surface area (Å²) in [7, 11) is -3.68. The number of benzene rings is 2. The van der Waals surface area contributed by atoms with Crippen molar-refractivity contribution < 1.29 is 21.2 Å². The molecule has 0 aliphatic heterocycles. The van der Waals surface area contributed by atoms with Crippen molar-refractivity contribution in [3.05, 3.63) is 53.9 Å². The van der Waals surface area contributed by atoms with E-state index in [-0.39, 0.29) is 13.2 Å². The van der Waals surface area contributed by atoms with Crippen LogP contribution < -0.4 is 0 Å². The number of hydrogen-bond donors (Lipinski definition) is 0. The Morgan fingerprint density at radius 3 is 2.08 bits per heavy atom. The van der Waals surface area contributed by atoms with Crippen molar-refractivity contribution in [1.29, 1.82) is 0 Å². The van der Waals surface area contributed by atoms with Gasteiger partial charge in [-0.15, -0.1) is 0 Å². The first kappa shape index (κ1) is 20.1. The molecule has 7 heteroatoms. The number of fused-ring (bicyclic) bond motifs is 1. The summed E-state index contributed by atoms with van der Waals surface area (Å²) in [6.45, 7) is 7.34. The van der Waals surface area contributed by atoms with E-state index in [4.69, 9.17) is 4.42 Å². The second kappa shape index (κ2) is 8.93. The van der Waals surface area contributed by atoms with Gasteiger partial charge in [-0.25, -0.2) is 13.4 Å². The molecule has 0 aliphatic rings. The summed E-state index contributed by atoms with van der Waals surface area (Å²) in [5.41, 5.74) is 5.41. The lowest BCUT2D eigenvalue weighted by atomic mass is 10.0. The molecule has 0 saturated carbocycles. The largest absolute Gasteiger partial charge is 0.441 e. The van der Waals surface area contributed by atoms with E-state index >= 15 is 0 Å². The Balaban J connectivity index is 0.000000232. The Bertz CT molecular complexity index is 934. The van der Waals surface area contributed by atoms with Crippen LogP contribution in [0, 0.1) is 13.8 Å². The first-order chi connectivity index (χ1) is 12.3. The fourth-order valence-corrected chi connectivity index (χ4v) is 2.94. The van der Waals surface area contributed by atoms with E-state index in [1.165, 1.54) is 16.7 Å². The van der Waals surface area contributed by atoms with Crippen LogP contribution in [0.2, 0.25) is 0 Å². The molecule has 0 aliphatic carbocycles. The molecule has 3 rings (SSSR count). The second-order valence-corrected chi connectivity index (χ2v) is 6.79. The van der Waals surface area contributed by atoms with Crippen LogP contribution in [0.15, 0.2) is 46.9 Å². The highest BCUT2D eigenvalue weighted by molar-refractivity contribution is 7.81. The molecular weight excluding hydrogens is 354 g/mol. The van der Waals surface area contributed by atoms with Gasteiger partial charge in [0.15, 0.2) is 11.5 Å². The normalized spacial score (nSPS) is 11.2. The fraction of sp³-hybridized carbons (Fsp3) is 0.316. The summed E-state index contributed by atoms with van der Waals surface area (Å²) in [6, 6.07) is 14.6. The van der Waals surface area contributed by atoms with Gasteiger partial charge in [-0.2, -0.15) is 8.42 Å². The van der Waals surface area contributed by atoms with Crippen LogP contribution in [0.3, 0.4) is 0 Å². The molecular formula is C19H23NO5S. The molecule has 6 nitrogen and oxygen atoms in total. The molecule has 140 valence electrons. The third-order valence-corrected chi connectivity index (χ3v) is 4.45. The molecule has 0 fully saturated rings. The van der Waals surface area contributed by atoms with Crippen LogP contribution in [0.5, 0.6) is 0 Å². The molecule has 0 radical (unpaired) electrons. The molecule has 26 heavy (non-hydrogen) atoms. The summed E-state index contributed by atoms with van der Waals surface area (Å²) in [5, 5.41) is 0. The van der Waals surface area contributed by atoms with Gasteiger partial charge in [0.05, 0.1) is 13.2 Å². The van der Waals surface area contributed by atoms with Gasteiger partial charge in [0.2, 0.25) is 0 Å². The molecule has 2 aromatic carbocycles. The van der Waals surface area contributed by atoms with Gasteiger partial charge in [-0.1, -0.05) is 35.9 Å². The zero-order valence-electron chi connectivity index (χ0n) is 15.4. The molecule has 3 aromatic rings. The van der Waals surface area contributed by atoms with E-state index in [2.05, 4.69) is 56.7 Å². The van der Waals surface area contributed by atoms with E-state index in [0.29, 0.717) is 5.89 Å². The molecule has 0 bridgehead atoms. The average Bonchev–Trinajstić information content (AvgIpc) is 2.95. The lowest BCUT2D eigenvalue weighted by Gasteiger charge is -2.01. The van der Waals surface area contributed by atoms with Crippen LogP contribution in [0.4, 0.5) is 0 Å². The van der Waals surface area contributed by atoms with E-state index < -0.39 is 10.4 Å².